The SMILES string of the molecule is O=C(O)c1cccc(-c2ccn(-c3ccc(Cl)cc3)n2)c1. The van der Waals surface area contributed by atoms with Crippen molar-refractivity contribution in [2.24, 2.45) is 0 Å². The van der Waals surface area contributed by atoms with Gasteiger partial charge in [-0.1, -0.05) is 23.7 Å². The van der Waals surface area contributed by atoms with Gasteiger partial charge in [-0.2, -0.15) is 5.10 Å². The predicted octanol–water partition coefficient (Wildman–Crippen LogP) is 3.89. The third-order valence-electron chi connectivity index (χ3n) is 3.09. The predicted molar refractivity (Wildman–Crippen MR) is 81.0 cm³/mol. The maximum Gasteiger partial charge on any atom is 0.335 e. The summed E-state index contributed by atoms with van der Waals surface area (Å²) in [5, 5.41) is 14.2. The van der Waals surface area contributed by atoms with Crippen LogP contribution in [-0.2, 0) is 0 Å². The van der Waals surface area contributed by atoms with Gasteiger partial charge in [0, 0.05) is 16.8 Å². The van der Waals surface area contributed by atoms with Crippen molar-refractivity contribution in [1.29, 1.82) is 0 Å². The first-order valence-electron chi connectivity index (χ1n) is 6.29. The lowest BCUT2D eigenvalue weighted by atomic mass is 10.1. The monoisotopic (exact) mass is 298 g/mol. The minimum Gasteiger partial charge on any atom is -0.478 e. The Bertz CT molecular complexity index is 794. The zero-order valence-electron chi connectivity index (χ0n) is 10.9. The Morgan fingerprint density at radius 2 is 1.86 bits per heavy atom. The van der Waals surface area contributed by atoms with Gasteiger partial charge in [0.05, 0.1) is 16.9 Å². The highest BCUT2D eigenvalue weighted by atomic mass is 35.5. The second-order valence-electron chi connectivity index (χ2n) is 4.51. The largest absolute Gasteiger partial charge is 0.478 e. The van der Waals surface area contributed by atoms with E-state index < -0.39 is 5.97 Å². The Labute approximate surface area is 126 Å². The molecule has 3 rings (SSSR count). The molecule has 0 atom stereocenters. The minimum absolute atomic E-state index is 0.244. The molecule has 2 aromatic carbocycles. The van der Waals surface area contributed by atoms with Crippen LogP contribution in [0.15, 0.2) is 60.8 Å². The Kier molecular flexibility index (Phi) is 3.46. The summed E-state index contributed by atoms with van der Waals surface area (Å²) >= 11 is 5.86. The number of halogens is 1. The molecule has 0 aliphatic carbocycles. The highest BCUT2D eigenvalue weighted by Gasteiger charge is 2.07. The van der Waals surface area contributed by atoms with Crippen molar-refractivity contribution in [3.05, 3.63) is 71.4 Å². The number of nitrogens with zero attached hydrogens (tertiary/aromatic N) is 2. The van der Waals surface area contributed by atoms with Crippen LogP contribution in [-0.4, -0.2) is 20.9 Å². The number of carboxylic acid groups (broad SMARTS) is 1. The van der Waals surface area contributed by atoms with Gasteiger partial charge in [-0.15, -0.1) is 0 Å². The summed E-state index contributed by atoms with van der Waals surface area (Å²) in [5.74, 6) is -0.950. The molecule has 0 saturated heterocycles. The van der Waals surface area contributed by atoms with Crippen molar-refractivity contribution in [3.8, 4) is 16.9 Å². The molecule has 4 nitrogen and oxygen atoms in total. The fraction of sp³-hybridized carbons (Fsp3) is 0. The molecule has 104 valence electrons. The number of benzene rings is 2. The summed E-state index contributed by atoms with van der Waals surface area (Å²) in [5.41, 5.74) is 2.62. The van der Waals surface area contributed by atoms with Crippen LogP contribution in [0.4, 0.5) is 0 Å². The molecular formula is C16H11ClN2O2. The number of carboxylic acids is 1. The van der Waals surface area contributed by atoms with E-state index in [1.807, 2.05) is 30.5 Å². The van der Waals surface area contributed by atoms with Crippen molar-refractivity contribution >= 4 is 17.6 Å². The maximum absolute atomic E-state index is 11.0. The summed E-state index contributed by atoms with van der Waals surface area (Å²) in [6.45, 7) is 0. The molecule has 0 unspecified atom stereocenters. The maximum atomic E-state index is 11.0. The standard InChI is InChI=1S/C16H11ClN2O2/c17-13-4-6-14(7-5-13)19-9-8-15(18-19)11-2-1-3-12(10-11)16(20)21/h1-10H,(H,20,21). The molecule has 1 N–H and O–H groups in total. The van der Waals surface area contributed by atoms with Gasteiger partial charge in [0.1, 0.15) is 0 Å². The van der Waals surface area contributed by atoms with Gasteiger partial charge < -0.3 is 5.11 Å². The Hall–Kier alpha value is -2.59. The van der Waals surface area contributed by atoms with E-state index in [1.54, 1.807) is 35.0 Å². The Morgan fingerprint density at radius 1 is 1.10 bits per heavy atom. The second-order valence-corrected chi connectivity index (χ2v) is 4.94. The van der Waals surface area contributed by atoms with Crippen LogP contribution in [0.1, 0.15) is 10.4 Å². The Balaban J connectivity index is 1.96. The first-order chi connectivity index (χ1) is 10.1. The lowest BCUT2D eigenvalue weighted by molar-refractivity contribution is 0.0697. The summed E-state index contributed by atoms with van der Waals surface area (Å²) in [6, 6.07) is 15.9. The molecule has 0 aliphatic rings. The van der Waals surface area contributed by atoms with E-state index in [4.69, 9.17) is 16.7 Å². The molecular weight excluding hydrogens is 288 g/mol. The first-order valence-corrected chi connectivity index (χ1v) is 6.66. The molecule has 0 amide bonds. The Morgan fingerprint density at radius 3 is 2.57 bits per heavy atom. The third kappa shape index (κ3) is 2.80. The second kappa shape index (κ2) is 5.42. The van der Waals surface area contributed by atoms with Crippen LogP contribution in [0.3, 0.4) is 0 Å². The summed E-state index contributed by atoms with van der Waals surface area (Å²) < 4.78 is 1.72. The molecule has 0 radical (unpaired) electrons. The highest BCUT2D eigenvalue weighted by molar-refractivity contribution is 6.30. The lowest BCUT2D eigenvalue weighted by Gasteiger charge is -2.02. The van der Waals surface area contributed by atoms with Crippen molar-refractivity contribution in [3.63, 3.8) is 0 Å². The van der Waals surface area contributed by atoms with Crippen molar-refractivity contribution in [1.82, 2.24) is 9.78 Å². The molecule has 0 spiro atoms. The molecule has 21 heavy (non-hydrogen) atoms. The van der Waals surface area contributed by atoms with E-state index in [0.29, 0.717) is 10.7 Å². The smallest absolute Gasteiger partial charge is 0.335 e. The fourth-order valence-electron chi connectivity index (χ4n) is 2.03. The molecule has 1 heterocycles. The normalized spacial score (nSPS) is 10.5. The van der Waals surface area contributed by atoms with Crippen molar-refractivity contribution in [2.75, 3.05) is 0 Å². The van der Waals surface area contributed by atoms with Gasteiger partial charge in [-0.3, -0.25) is 0 Å². The molecule has 0 fully saturated rings. The molecule has 0 bridgehead atoms. The molecule has 0 aliphatic heterocycles. The molecule has 5 heteroatoms. The van der Waals surface area contributed by atoms with Crippen LogP contribution in [0.5, 0.6) is 0 Å². The molecule has 0 saturated carbocycles. The topological polar surface area (TPSA) is 55.1 Å². The summed E-state index contributed by atoms with van der Waals surface area (Å²) in [7, 11) is 0. The zero-order chi connectivity index (χ0) is 14.8. The van der Waals surface area contributed by atoms with Crippen LogP contribution in [0, 0.1) is 0 Å². The number of aromatic nitrogens is 2. The van der Waals surface area contributed by atoms with Gasteiger partial charge in [0.2, 0.25) is 0 Å². The van der Waals surface area contributed by atoms with Crippen molar-refractivity contribution in [2.45, 2.75) is 0 Å². The van der Waals surface area contributed by atoms with Gasteiger partial charge in [-0.05, 0) is 42.5 Å². The van der Waals surface area contributed by atoms with E-state index in [-0.39, 0.29) is 5.56 Å². The van der Waals surface area contributed by atoms with Crippen LogP contribution < -0.4 is 0 Å². The minimum atomic E-state index is -0.950. The average Bonchev–Trinajstić information content (AvgIpc) is 2.98. The average molecular weight is 299 g/mol. The third-order valence-corrected chi connectivity index (χ3v) is 3.34. The number of aromatic carboxylic acids is 1. The van der Waals surface area contributed by atoms with Crippen molar-refractivity contribution < 1.29 is 9.90 Å². The number of hydrogen-bond donors (Lipinski definition) is 1. The summed E-state index contributed by atoms with van der Waals surface area (Å²) in [6.07, 6.45) is 1.83. The zero-order valence-corrected chi connectivity index (χ0v) is 11.7. The van der Waals surface area contributed by atoms with Gasteiger partial charge in [0.15, 0.2) is 0 Å². The van der Waals surface area contributed by atoms with E-state index in [1.165, 1.54) is 0 Å². The van der Waals surface area contributed by atoms with E-state index in [2.05, 4.69) is 5.10 Å². The highest BCUT2D eigenvalue weighted by Crippen LogP contribution is 2.20. The number of hydrogen-bond acceptors (Lipinski definition) is 2. The fourth-order valence-corrected chi connectivity index (χ4v) is 2.15. The van der Waals surface area contributed by atoms with Crippen LogP contribution in [0.2, 0.25) is 5.02 Å². The van der Waals surface area contributed by atoms with Crippen LogP contribution in [0.25, 0.3) is 16.9 Å². The van der Waals surface area contributed by atoms with Gasteiger partial charge >= 0.3 is 5.97 Å². The molecule has 1 aromatic heterocycles. The van der Waals surface area contributed by atoms with Gasteiger partial charge in [0.25, 0.3) is 0 Å². The van der Waals surface area contributed by atoms with E-state index in [9.17, 15) is 4.79 Å². The molecule has 3 aromatic rings. The van der Waals surface area contributed by atoms with Crippen LogP contribution >= 0.6 is 11.6 Å². The quantitative estimate of drug-likeness (QED) is 0.798. The first kappa shape index (κ1) is 13.4. The van der Waals surface area contributed by atoms with Gasteiger partial charge in [-0.25, -0.2) is 9.48 Å². The number of carbonyl (C=O) groups is 1. The summed E-state index contributed by atoms with van der Waals surface area (Å²) in [4.78, 5) is 11.0. The lowest BCUT2D eigenvalue weighted by Crippen LogP contribution is -1.97. The van der Waals surface area contributed by atoms with E-state index >= 15 is 0 Å². The van der Waals surface area contributed by atoms with E-state index in [0.717, 1.165) is 11.3 Å². The number of rotatable bonds is 3.